The molecule has 0 aliphatic rings. The van der Waals surface area contributed by atoms with E-state index in [9.17, 15) is 0 Å². The van der Waals surface area contributed by atoms with Gasteiger partial charge in [-0.1, -0.05) is 57.5 Å². The minimum atomic E-state index is 0.460. The molecule has 0 aromatic rings. The van der Waals surface area contributed by atoms with Crippen LogP contribution >= 0.6 is 15.9 Å². The molecule has 0 aromatic carbocycles. The highest BCUT2D eigenvalue weighted by atomic mass is 79.9. The first-order valence-electron chi connectivity index (χ1n) is 10.1. The fraction of sp³-hybridized carbons (Fsp3) is 1.00. The van der Waals surface area contributed by atoms with Crippen LogP contribution in [0.1, 0.15) is 86.5 Å². The highest BCUT2D eigenvalue weighted by molar-refractivity contribution is 9.09. The highest BCUT2D eigenvalue weighted by Crippen LogP contribution is 2.27. The van der Waals surface area contributed by atoms with E-state index >= 15 is 0 Å². The van der Waals surface area contributed by atoms with Gasteiger partial charge in [0.2, 0.25) is 0 Å². The summed E-state index contributed by atoms with van der Waals surface area (Å²) in [4.78, 5) is 0.645. The first-order valence-corrected chi connectivity index (χ1v) is 11.1. The maximum atomic E-state index is 5.50. The van der Waals surface area contributed by atoms with Gasteiger partial charge < -0.3 is 9.47 Å². The van der Waals surface area contributed by atoms with E-state index in [4.69, 9.17) is 9.47 Å². The van der Waals surface area contributed by atoms with Crippen LogP contribution in [0.2, 0.25) is 0 Å². The Morgan fingerprint density at radius 1 is 0.708 bits per heavy atom. The second kappa shape index (κ2) is 15.6. The van der Waals surface area contributed by atoms with Crippen LogP contribution in [0.4, 0.5) is 0 Å². The molecular formula is C21H43BrO2. The maximum Gasteiger partial charge on any atom is 0.146 e. The summed E-state index contributed by atoms with van der Waals surface area (Å²) in [6.45, 7) is 16.1. The molecule has 0 rings (SSSR count). The Hall–Kier alpha value is 0.400. The number of hydrogen-bond donors (Lipinski definition) is 0. The molecule has 0 aromatic heterocycles. The van der Waals surface area contributed by atoms with Crippen LogP contribution < -0.4 is 0 Å². The van der Waals surface area contributed by atoms with Crippen LogP contribution in [0.3, 0.4) is 0 Å². The number of alkyl halides is 1. The molecule has 3 heteroatoms. The topological polar surface area (TPSA) is 18.5 Å². The van der Waals surface area contributed by atoms with E-state index in [2.05, 4.69) is 57.5 Å². The van der Waals surface area contributed by atoms with Crippen molar-refractivity contribution in [1.82, 2.24) is 0 Å². The average Bonchev–Trinajstić information content (AvgIpc) is 2.44. The molecular weight excluding hydrogens is 364 g/mol. The van der Waals surface area contributed by atoms with E-state index < -0.39 is 0 Å². The Kier molecular flexibility index (Phi) is 15.9. The molecule has 0 N–H and O–H groups in total. The molecule has 0 aliphatic carbocycles. The van der Waals surface area contributed by atoms with Crippen molar-refractivity contribution in [2.45, 2.75) is 91.3 Å². The Balaban J connectivity index is 3.68. The van der Waals surface area contributed by atoms with Crippen molar-refractivity contribution in [3.8, 4) is 0 Å². The quantitative estimate of drug-likeness (QED) is 0.155. The predicted octanol–water partition coefficient (Wildman–Crippen LogP) is 7.06. The molecule has 0 saturated heterocycles. The lowest BCUT2D eigenvalue weighted by Gasteiger charge is -2.23. The average molecular weight is 407 g/mol. The van der Waals surface area contributed by atoms with Crippen LogP contribution in [-0.2, 0) is 9.47 Å². The molecule has 0 aliphatic heterocycles. The van der Waals surface area contributed by atoms with E-state index in [0.717, 1.165) is 49.7 Å². The number of hydrogen-bond acceptors (Lipinski definition) is 2. The highest BCUT2D eigenvalue weighted by Gasteiger charge is 2.15. The first-order chi connectivity index (χ1) is 11.3. The molecule has 0 heterocycles. The lowest BCUT2D eigenvalue weighted by atomic mass is 9.84. The van der Waals surface area contributed by atoms with Crippen molar-refractivity contribution in [1.29, 1.82) is 0 Å². The van der Waals surface area contributed by atoms with Crippen LogP contribution in [0, 0.1) is 23.7 Å². The molecule has 0 fully saturated rings. The summed E-state index contributed by atoms with van der Waals surface area (Å²) in [6.07, 6.45) is 8.84. The molecule has 0 amide bonds. The molecule has 5 atom stereocenters. The van der Waals surface area contributed by atoms with Gasteiger partial charge in [0.05, 0.1) is 0 Å². The third kappa shape index (κ3) is 15.9. The minimum absolute atomic E-state index is 0.460. The molecule has 24 heavy (non-hydrogen) atoms. The van der Waals surface area contributed by atoms with Crippen molar-refractivity contribution in [3.63, 3.8) is 0 Å². The third-order valence-electron chi connectivity index (χ3n) is 4.64. The summed E-state index contributed by atoms with van der Waals surface area (Å²) in [5.41, 5.74) is 0. The zero-order valence-electron chi connectivity index (χ0n) is 17.2. The lowest BCUT2D eigenvalue weighted by Crippen LogP contribution is -2.12. The predicted molar refractivity (Wildman–Crippen MR) is 110 cm³/mol. The van der Waals surface area contributed by atoms with E-state index in [1.165, 1.54) is 32.1 Å². The van der Waals surface area contributed by atoms with Crippen LogP contribution in [0.5, 0.6) is 0 Å². The van der Waals surface area contributed by atoms with Gasteiger partial charge in [-0.05, 0) is 68.6 Å². The Morgan fingerprint density at radius 2 is 1.21 bits per heavy atom. The second-order valence-electron chi connectivity index (χ2n) is 8.22. The van der Waals surface area contributed by atoms with Crippen LogP contribution in [0.25, 0.3) is 0 Å². The van der Waals surface area contributed by atoms with Gasteiger partial charge in [-0.3, -0.25) is 0 Å². The Labute approximate surface area is 160 Å². The molecule has 0 radical (unpaired) electrons. The van der Waals surface area contributed by atoms with E-state index in [1.807, 2.05) is 0 Å². The SMILES string of the molecule is CCCOCOCCCC(C)CC(C)CC(C)CC(C)CC(C)Br. The summed E-state index contributed by atoms with van der Waals surface area (Å²) in [7, 11) is 0. The zero-order chi connectivity index (χ0) is 18.4. The van der Waals surface area contributed by atoms with Gasteiger partial charge in [0.15, 0.2) is 0 Å². The second-order valence-corrected chi connectivity index (χ2v) is 9.78. The molecule has 0 bridgehead atoms. The smallest absolute Gasteiger partial charge is 0.146 e. The fourth-order valence-electron chi connectivity index (χ4n) is 3.88. The van der Waals surface area contributed by atoms with E-state index in [0.29, 0.717) is 11.6 Å². The molecule has 0 saturated carbocycles. The Morgan fingerprint density at radius 3 is 1.75 bits per heavy atom. The van der Waals surface area contributed by atoms with Crippen molar-refractivity contribution < 1.29 is 9.47 Å². The monoisotopic (exact) mass is 406 g/mol. The van der Waals surface area contributed by atoms with Crippen molar-refractivity contribution in [2.75, 3.05) is 20.0 Å². The summed E-state index contributed by atoms with van der Waals surface area (Å²) < 4.78 is 10.8. The number of halogens is 1. The maximum absolute atomic E-state index is 5.50. The first kappa shape index (κ1) is 24.4. The normalized spacial score (nSPS) is 18.1. The summed E-state index contributed by atoms with van der Waals surface area (Å²) in [5, 5.41) is 0. The minimum Gasteiger partial charge on any atom is -0.355 e. The van der Waals surface area contributed by atoms with Crippen molar-refractivity contribution >= 4 is 15.9 Å². The number of ether oxygens (including phenoxy) is 2. The van der Waals surface area contributed by atoms with Crippen molar-refractivity contribution in [3.05, 3.63) is 0 Å². The molecule has 0 spiro atoms. The van der Waals surface area contributed by atoms with Gasteiger partial charge in [-0.25, -0.2) is 0 Å². The fourth-order valence-corrected chi connectivity index (χ4v) is 4.51. The standard InChI is InChI=1S/C21H43BrO2/c1-7-10-23-16-24-11-8-9-17(2)12-18(3)13-19(4)14-20(5)15-21(6)22/h17-21H,7-16H2,1-6H3. The molecule has 146 valence electrons. The van der Waals surface area contributed by atoms with Gasteiger partial charge in [0, 0.05) is 18.0 Å². The number of rotatable bonds is 16. The summed E-state index contributed by atoms with van der Waals surface area (Å²) in [6, 6.07) is 0. The van der Waals surface area contributed by atoms with Gasteiger partial charge in [0.1, 0.15) is 6.79 Å². The molecule has 5 unspecified atom stereocenters. The zero-order valence-corrected chi connectivity index (χ0v) is 18.7. The largest absolute Gasteiger partial charge is 0.355 e. The van der Waals surface area contributed by atoms with Crippen LogP contribution in [-0.4, -0.2) is 24.8 Å². The lowest BCUT2D eigenvalue weighted by molar-refractivity contribution is -0.0549. The van der Waals surface area contributed by atoms with Gasteiger partial charge in [-0.2, -0.15) is 0 Å². The van der Waals surface area contributed by atoms with Gasteiger partial charge >= 0.3 is 0 Å². The summed E-state index contributed by atoms with van der Waals surface area (Å²) in [5.74, 6) is 3.29. The van der Waals surface area contributed by atoms with E-state index in [-0.39, 0.29) is 0 Å². The third-order valence-corrected chi connectivity index (χ3v) is 5.02. The van der Waals surface area contributed by atoms with Crippen LogP contribution in [0.15, 0.2) is 0 Å². The Bertz CT molecular complexity index is 271. The summed E-state index contributed by atoms with van der Waals surface area (Å²) >= 11 is 3.68. The van der Waals surface area contributed by atoms with Gasteiger partial charge in [-0.15, -0.1) is 0 Å². The molecule has 2 nitrogen and oxygen atoms in total. The van der Waals surface area contributed by atoms with E-state index in [1.54, 1.807) is 0 Å². The van der Waals surface area contributed by atoms with Crippen molar-refractivity contribution in [2.24, 2.45) is 23.7 Å². The van der Waals surface area contributed by atoms with Gasteiger partial charge in [0.25, 0.3) is 0 Å².